The summed E-state index contributed by atoms with van der Waals surface area (Å²) in [5.41, 5.74) is 17.7. The normalized spacial score (nSPS) is 12.5. The standard InChI is InChI=1S/C24H24N8/c25-11-19(12-26)23-10-18-3-1-16(9-22(18)32-23)2-8-24(28-15-27)31-21-6-4-17(5-7-21)20-13-29-30-14-20/h1-14,25,32H,15,26-27H2,(H,28,31)(H,29,30)/b8-2-,19-12+,25-11?. The number of hydrogen-bond acceptors (Lipinski definition) is 5. The van der Waals surface area contributed by atoms with Gasteiger partial charge in [-0.05, 0) is 41.5 Å². The summed E-state index contributed by atoms with van der Waals surface area (Å²) < 4.78 is 0. The van der Waals surface area contributed by atoms with E-state index < -0.39 is 0 Å². The van der Waals surface area contributed by atoms with E-state index in [4.69, 9.17) is 16.9 Å². The van der Waals surface area contributed by atoms with Crippen LogP contribution in [0.5, 0.6) is 0 Å². The Morgan fingerprint density at radius 1 is 1.12 bits per heavy atom. The maximum atomic E-state index is 7.47. The number of aliphatic imine (C=N–C) groups is 1. The van der Waals surface area contributed by atoms with E-state index in [1.165, 1.54) is 12.4 Å². The molecule has 2 heterocycles. The van der Waals surface area contributed by atoms with Crippen LogP contribution >= 0.6 is 0 Å². The molecule has 0 spiro atoms. The fourth-order valence-corrected chi connectivity index (χ4v) is 3.33. The quantitative estimate of drug-likeness (QED) is 0.197. The van der Waals surface area contributed by atoms with Crippen LogP contribution in [0, 0.1) is 5.41 Å². The van der Waals surface area contributed by atoms with Crippen molar-refractivity contribution in [1.82, 2.24) is 15.2 Å². The molecule has 0 atom stereocenters. The first kappa shape index (κ1) is 20.8. The minimum Gasteiger partial charge on any atom is -0.404 e. The van der Waals surface area contributed by atoms with E-state index in [2.05, 4.69) is 25.5 Å². The molecule has 8 nitrogen and oxygen atoms in total. The lowest BCUT2D eigenvalue weighted by Gasteiger charge is -2.07. The van der Waals surface area contributed by atoms with E-state index in [-0.39, 0.29) is 6.67 Å². The van der Waals surface area contributed by atoms with Crippen LogP contribution in [0.25, 0.3) is 33.7 Å². The number of benzene rings is 2. The highest BCUT2D eigenvalue weighted by molar-refractivity contribution is 6.09. The number of anilines is 1. The Morgan fingerprint density at radius 3 is 2.66 bits per heavy atom. The van der Waals surface area contributed by atoms with Crippen LogP contribution in [0.1, 0.15) is 11.3 Å². The fraction of sp³-hybridized carbons (Fsp3) is 0.0417. The van der Waals surface area contributed by atoms with Gasteiger partial charge in [-0.3, -0.25) is 10.1 Å². The zero-order valence-electron chi connectivity index (χ0n) is 17.3. The maximum absolute atomic E-state index is 7.47. The Morgan fingerprint density at radius 2 is 1.97 bits per heavy atom. The van der Waals surface area contributed by atoms with Gasteiger partial charge in [0.05, 0.1) is 12.9 Å². The maximum Gasteiger partial charge on any atom is 0.126 e. The second kappa shape index (κ2) is 9.59. The van der Waals surface area contributed by atoms with E-state index >= 15 is 0 Å². The number of aromatic amines is 2. The van der Waals surface area contributed by atoms with Crippen molar-refractivity contribution >= 4 is 40.3 Å². The minimum atomic E-state index is 0.177. The Hall–Kier alpha value is -4.43. The Labute approximate surface area is 185 Å². The average Bonchev–Trinajstić information content (AvgIpc) is 3.49. The summed E-state index contributed by atoms with van der Waals surface area (Å²) in [6, 6.07) is 16.1. The van der Waals surface area contributed by atoms with Crippen molar-refractivity contribution in [2.24, 2.45) is 16.5 Å². The van der Waals surface area contributed by atoms with Crippen LogP contribution in [-0.2, 0) is 0 Å². The Bertz CT molecular complexity index is 1290. The highest BCUT2D eigenvalue weighted by Gasteiger charge is 2.05. The van der Waals surface area contributed by atoms with Gasteiger partial charge in [-0.1, -0.05) is 30.3 Å². The lowest BCUT2D eigenvalue weighted by Crippen LogP contribution is -2.11. The molecule has 0 aliphatic rings. The highest BCUT2D eigenvalue weighted by atomic mass is 15.1. The molecule has 8 N–H and O–H groups in total. The lowest BCUT2D eigenvalue weighted by atomic mass is 10.1. The highest BCUT2D eigenvalue weighted by Crippen LogP contribution is 2.22. The van der Waals surface area contributed by atoms with Gasteiger partial charge < -0.3 is 27.2 Å². The molecule has 4 rings (SSSR count). The van der Waals surface area contributed by atoms with Crippen molar-refractivity contribution < 1.29 is 0 Å². The second-order valence-corrected chi connectivity index (χ2v) is 7.04. The summed E-state index contributed by atoms with van der Waals surface area (Å²) in [6.07, 6.45) is 10.2. The Balaban J connectivity index is 1.51. The van der Waals surface area contributed by atoms with Gasteiger partial charge in [0.25, 0.3) is 0 Å². The molecule has 8 heteroatoms. The molecule has 0 saturated carbocycles. The third-order valence-electron chi connectivity index (χ3n) is 4.98. The molecule has 0 aliphatic carbocycles. The van der Waals surface area contributed by atoms with Crippen LogP contribution < -0.4 is 16.8 Å². The molecular formula is C24H24N8. The van der Waals surface area contributed by atoms with Crippen molar-refractivity contribution in [3.8, 4) is 11.1 Å². The molecule has 2 aromatic heterocycles. The van der Waals surface area contributed by atoms with Crippen molar-refractivity contribution in [2.45, 2.75) is 0 Å². The van der Waals surface area contributed by atoms with E-state index in [1.54, 1.807) is 6.20 Å². The van der Waals surface area contributed by atoms with Gasteiger partial charge in [-0.25, -0.2) is 0 Å². The number of H-pyrrole nitrogens is 2. The van der Waals surface area contributed by atoms with Crippen molar-refractivity contribution in [2.75, 3.05) is 12.0 Å². The van der Waals surface area contributed by atoms with E-state index in [1.807, 2.05) is 66.9 Å². The smallest absolute Gasteiger partial charge is 0.126 e. The molecule has 160 valence electrons. The average molecular weight is 425 g/mol. The molecule has 4 aromatic rings. The summed E-state index contributed by atoms with van der Waals surface area (Å²) in [5, 5.41) is 18.6. The Kier molecular flexibility index (Phi) is 6.24. The lowest BCUT2D eigenvalue weighted by molar-refractivity contribution is 1.07. The molecule has 0 radical (unpaired) electrons. The number of nitrogens with two attached hydrogens (primary N) is 2. The summed E-state index contributed by atoms with van der Waals surface area (Å²) in [4.78, 5) is 7.65. The van der Waals surface area contributed by atoms with Crippen molar-refractivity contribution in [3.63, 3.8) is 0 Å². The zero-order valence-corrected chi connectivity index (χ0v) is 17.3. The van der Waals surface area contributed by atoms with Crippen LogP contribution in [0.15, 0.2) is 78.2 Å². The first-order valence-electron chi connectivity index (χ1n) is 10.0. The summed E-state index contributed by atoms with van der Waals surface area (Å²) in [5.74, 6) is 0.660. The largest absolute Gasteiger partial charge is 0.404 e. The van der Waals surface area contributed by atoms with E-state index in [0.717, 1.165) is 39.0 Å². The summed E-state index contributed by atoms with van der Waals surface area (Å²) in [7, 11) is 0. The van der Waals surface area contributed by atoms with Crippen LogP contribution in [-0.4, -0.2) is 33.9 Å². The van der Waals surface area contributed by atoms with Gasteiger partial charge in [0.2, 0.25) is 0 Å². The third-order valence-corrected chi connectivity index (χ3v) is 4.98. The van der Waals surface area contributed by atoms with Gasteiger partial charge in [-0.2, -0.15) is 5.10 Å². The molecule has 32 heavy (non-hydrogen) atoms. The van der Waals surface area contributed by atoms with E-state index in [0.29, 0.717) is 11.4 Å². The molecule has 0 aliphatic heterocycles. The van der Waals surface area contributed by atoms with Crippen LogP contribution in [0.4, 0.5) is 5.69 Å². The van der Waals surface area contributed by atoms with Crippen LogP contribution in [0.2, 0.25) is 0 Å². The van der Waals surface area contributed by atoms with Crippen LogP contribution in [0.3, 0.4) is 0 Å². The molecule has 0 bridgehead atoms. The predicted octanol–water partition coefficient (Wildman–Crippen LogP) is 3.95. The number of rotatable bonds is 7. The molecule has 0 saturated heterocycles. The van der Waals surface area contributed by atoms with Gasteiger partial charge in [0.1, 0.15) is 5.84 Å². The minimum absolute atomic E-state index is 0.177. The first-order valence-corrected chi connectivity index (χ1v) is 10.0. The number of nitrogens with one attached hydrogen (secondary N) is 4. The molecule has 0 unspecified atom stereocenters. The fourth-order valence-electron chi connectivity index (χ4n) is 3.33. The summed E-state index contributed by atoms with van der Waals surface area (Å²) >= 11 is 0. The molecule has 0 amide bonds. The number of hydrogen-bond donors (Lipinski definition) is 6. The second-order valence-electron chi connectivity index (χ2n) is 7.04. The van der Waals surface area contributed by atoms with Crippen molar-refractivity contribution in [1.29, 1.82) is 5.41 Å². The first-order chi connectivity index (χ1) is 15.7. The predicted molar refractivity (Wildman–Crippen MR) is 132 cm³/mol. The van der Waals surface area contributed by atoms with Gasteiger partial charge in [0, 0.05) is 52.0 Å². The van der Waals surface area contributed by atoms with E-state index in [9.17, 15) is 0 Å². The molecular weight excluding hydrogens is 400 g/mol. The number of aromatic nitrogens is 3. The third kappa shape index (κ3) is 4.66. The van der Waals surface area contributed by atoms with Gasteiger partial charge in [-0.15, -0.1) is 0 Å². The summed E-state index contributed by atoms with van der Waals surface area (Å²) in [6.45, 7) is 0.177. The SMILES string of the molecule is N=C/C(=C\N)c1cc2ccc(/C=C\C(=N/CN)Nc3ccc(-c4cn[nH]c4)cc3)cc2[nH]1. The van der Waals surface area contributed by atoms with Crippen molar-refractivity contribution in [3.05, 3.63) is 84.5 Å². The number of fused-ring (bicyclic) bond motifs is 1. The van der Waals surface area contributed by atoms with Gasteiger partial charge >= 0.3 is 0 Å². The monoisotopic (exact) mass is 424 g/mol. The molecule has 2 aromatic carbocycles. The topological polar surface area (TPSA) is 145 Å². The number of allylic oxidation sites excluding steroid dienone is 1. The number of amidine groups is 1. The molecule has 0 fully saturated rings. The zero-order chi connectivity index (χ0) is 22.3. The number of nitrogens with zero attached hydrogens (tertiary/aromatic N) is 2. The van der Waals surface area contributed by atoms with Gasteiger partial charge in [0.15, 0.2) is 0 Å².